The van der Waals surface area contributed by atoms with Crippen molar-refractivity contribution in [1.82, 2.24) is 4.98 Å². The molecule has 2 rings (SSSR count). The van der Waals surface area contributed by atoms with E-state index in [4.69, 9.17) is 9.31 Å². The Bertz CT molecular complexity index is 472. The van der Waals surface area contributed by atoms with E-state index < -0.39 is 18.3 Å². The molecule has 5 heteroatoms. The van der Waals surface area contributed by atoms with Gasteiger partial charge in [-0.05, 0) is 45.7 Å². The van der Waals surface area contributed by atoms with Gasteiger partial charge in [-0.1, -0.05) is 13.8 Å². The van der Waals surface area contributed by atoms with Crippen LogP contribution in [0.3, 0.4) is 0 Å². The molecule has 0 spiro atoms. The van der Waals surface area contributed by atoms with E-state index in [2.05, 4.69) is 4.98 Å². The highest BCUT2D eigenvalue weighted by Gasteiger charge is 2.52. The van der Waals surface area contributed by atoms with Crippen LogP contribution in [0.5, 0.6) is 0 Å². The summed E-state index contributed by atoms with van der Waals surface area (Å²) in [6.45, 7) is 11.8. The van der Waals surface area contributed by atoms with Crippen molar-refractivity contribution in [3.05, 3.63) is 23.6 Å². The van der Waals surface area contributed by atoms with Gasteiger partial charge in [0, 0.05) is 0 Å². The van der Waals surface area contributed by atoms with Crippen molar-refractivity contribution in [2.75, 3.05) is 0 Å². The summed E-state index contributed by atoms with van der Waals surface area (Å²) >= 11 is 0. The lowest BCUT2D eigenvalue weighted by atomic mass is 9.83. The molecule has 1 fully saturated rings. The molecule has 1 saturated heterocycles. The molecule has 0 unspecified atom stereocenters. The highest BCUT2D eigenvalue weighted by molar-refractivity contribution is 6.61. The third-order valence-corrected chi connectivity index (χ3v) is 3.94. The Morgan fingerprint density at radius 3 is 2.11 bits per heavy atom. The van der Waals surface area contributed by atoms with Gasteiger partial charge in [0.1, 0.15) is 5.82 Å². The minimum atomic E-state index is -0.539. The van der Waals surface area contributed by atoms with E-state index in [0.717, 1.165) is 0 Å². The van der Waals surface area contributed by atoms with E-state index in [9.17, 15) is 4.39 Å². The maximum Gasteiger partial charge on any atom is 0.514 e. The maximum atomic E-state index is 13.7. The van der Waals surface area contributed by atoms with Gasteiger partial charge in [-0.25, -0.2) is 4.39 Å². The molecule has 1 aromatic heterocycles. The number of pyridine rings is 1. The predicted molar refractivity (Wildman–Crippen MR) is 74.0 cm³/mol. The summed E-state index contributed by atoms with van der Waals surface area (Å²) in [5.74, 6) is -0.252. The molecule has 1 aromatic rings. The smallest absolute Gasteiger partial charge is 0.398 e. The number of rotatable bonds is 2. The Balaban J connectivity index is 2.32. The van der Waals surface area contributed by atoms with Crippen molar-refractivity contribution in [3.63, 3.8) is 0 Å². The number of hydrogen-bond donors (Lipinski definition) is 0. The summed E-state index contributed by atoms with van der Waals surface area (Å²) in [6, 6.07) is 3.06. The largest absolute Gasteiger partial charge is 0.514 e. The number of hydrogen-bond acceptors (Lipinski definition) is 3. The summed E-state index contributed by atoms with van der Waals surface area (Å²) in [4.78, 5) is 4.36. The molecule has 1 aliphatic heterocycles. The van der Waals surface area contributed by atoms with Gasteiger partial charge < -0.3 is 9.31 Å². The highest BCUT2D eigenvalue weighted by Crippen LogP contribution is 2.36. The van der Waals surface area contributed by atoms with Gasteiger partial charge in [0.15, 0.2) is 0 Å². The van der Waals surface area contributed by atoms with E-state index in [-0.39, 0.29) is 11.7 Å². The first kappa shape index (κ1) is 14.5. The van der Waals surface area contributed by atoms with E-state index in [1.807, 2.05) is 41.5 Å². The molecule has 0 saturated carbocycles. The SMILES string of the molecule is CC(C)c1nc(B2OC(C)(C)C(C)(C)O2)ccc1F. The monoisotopic (exact) mass is 265 g/mol. The Morgan fingerprint density at radius 1 is 1.11 bits per heavy atom. The van der Waals surface area contributed by atoms with E-state index >= 15 is 0 Å². The number of aromatic nitrogens is 1. The second-order valence-corrected chi connectivity index (χ2v) is 6.35. The first-order valence-corrected chi connectivity index (χ1v) is 6.66. The first-order chi connectivity index (χ1) is 8.64. The first-order valence-electron chi connectivity index (χ1n) is 6.66. The van der Waals surface area contributed by atoms with Gasteiger partial charge in [-0.2, -0.15) is 0 Å². The summed E-state index contributed by atoms with van der Waals surface area (Å²) in [5, 5.41) is 0. The molecule has 19 heavy (non-hydrogen) atoms. The summed E-state index contributed by atoms with van der Waals surface area (Å²) < 4.78 is 25.5. The van der Waals surface area contributed by atoms with Crippen molar-refractivity contribution < 1.29 is 13.7 Å². The summed E-state index contributed by atoms with van der Waals surface area (Å²) in [5.41, 5.74) is 0.258. The van der Waals surface area contributed by atoms with Crippen molar-refractivity contribution >= 4 is 12.7 Å². The zero-order valence-corrected chi connectivity index (χ0v) is 12.5. The second-order valence-electron chi connectivity index (χ2n) is 6.35. The summed E-state index contributed by atoms with van der Waals surface area (Å²) in [7, 11) is -0.539. The average Bonchev–Trinajstić information content (AvgIpc) is 2.48. The highest BCUT2D eigenvalue weighted by atomic mass is 19.1. The van der Waals surface area contributed by atoms with Crippen LogP contribution in [0.2, 0.25) is 0 Å². The minimum Gasteiger partial charge on any atom is -0.398 e. The van der Waals surface area contributed by atoms with Gasteiger partial charge >= 0.3 is 7.12 Å². The molecule has 0 radical (unpaired) electrons. The zero-order chi connectivity index (χ0) is 14.4. The van der Waals surface area contributed by atoms with E-state index in [1.165, 1.54) is 6.07 Å². The third-order valence-electron chi connectivity index (χ3n) is 3.94. The number of nitrogens with zero attached hydrogens (tertiary/aromatic N) is 1. The molecule has 2 heterocycles. The lowest BCUT2D eigenvalue weighted by molar-refractivity contribution is 0.00578. The van der Waals surface area contributed by atoms with Crippen LogP contribution >= 0.6 is 0 Å². The van der Waals surface area contributed by atoms with Gasteiger partial charge in [0.05, 0.1) is 22.5 Å². The summed E-state index contributed by atoms with van der Waals surface area (Å²) in [6.07, 6.45) is 0. The fourth-order valence-electron chi connectivity index (χ4n) is 1.97. The van der Waals surface area contributed by atoms with Crippen LogP contribution in [-0.4, -0.2) is 23.3 Å². The van der Waals surface area contributed by atoms with E-state index in [0.29, 0.717) is 11.3 Å². The second kappa shape index (κ2) is 4.56. The van der Waals surface area contributed by atoms with Crippen LogP contribution in [0.25, 0.3) is 0 Å². The van der Waals surface area contributed by atoms with Crippen molar-refractivity contribution in [2.24, 2.45) is 0 Å². The Morgan fingerprint density at radius 2 is 1.63 bits per heavy atom. The third kappa shape index (κ3) is 2.54. The molecule has 0 aromatic carbocycles. The van der Waals surface area contributed by atoms with Gasteiger partial charge in [0.25, 0.3) is 0 Å². The molecular weight excluding hydrogens is 244 g/mol. The van der Waals surface area contributed by atoms with Crippen molar-refractivity contribution in [2.45, 2.75) is 58.7 Å². The van der Waals surface area contributed by atoms with Crippen LogP contribution in [0.4, 0.5) is 4.39 Å². The van der Waals surface area contributed by atoms with Crippen LogP contribution < -0.4 is 5.59 Å². The minimum absolute atomic E-state index is 0.0300. The zero-order valence-electron chi connectivity index (χ0n) is 12.5. The standard InChI is InChI=1S/C14H21BFNO2/c1-9(2)12-10(16)7-8-11(17-12)15-18-13(3,4)14(5,6)19-15/h7-9H,1-6H3. The predicted octanol–water partition coefficient (Wildman–Crippen LogP) is 2.64. The Kier molecular flexibility index (Phi) is 3.48. The Hall–Kier alpha value is -0.935. The van der Waals surface area contributed by atoms with Crippen LogP contribution in [-0.2, 0) is 9.31 Å². The fourth-order valence-corrected chi connectivity index (χ4v) is 1.97. The molecule has 1 aliphatic rings. The quantitative estimate of drug-likeness (QED) is 0.770. The normalized spacial score (nSPS) is 21.2. The van der Waals surface area contributed by atoms with Crippen molar-refractivity contribution in [1.29, 1.82) is 0 Å². The molecule has 0 N–H and O–H groups in total. The topological polar surface area (TPSA) is 31.4 Å². The Labute approximate surface area is 114 Å². The average molecular weight is 265 g/mol. The molecule has 0 amide bonds. The van der Waals surface area contributed by atoms with Crippen molar-refractivity contribution in [3.8, 4) is 0 Å². The van der Waals surface area contributed by atoms with Gasteiger partial charge in [-0.3, -0.25) is 4.98 Å². The van der Waals surface area contributed by atoms with Gasteiger partial charge in [0.2, 0.25) is 0 Å². The van der Waals surface area contributed by atoms with Crippen LogP contribution in [0.1, 0.15) is 53.2 Å². The molecule has 0 bridgehead atoms. The molecule has 3 nitrogen and oxygen atoms in total. The molecule has 0 atom stereocenters. The number of halogens is 1. The van der Waals surface area contributed by atoms with Crippen LogP contribution in [0.15, 0.2) is 12.1 Å². The lowest BCUT2D eigenvalue weighted by Crippen LogP contribution is -2.41. The lowest BCUT2D eigenvalue weighted by Gasteiger charge is -2.32. The molecule has 104 valence electrons. The van der Waals surface area contributed by atoms with Crippen LogP contribution in [0, 0.1) is 5.82 Å². The fraction of sp³-hybridized carbons (Fsp3) is 0.643. The maximum absolute atomic E-state index is 13.7. The van der Waals surface area contributed by atoms with Gasteiger partial charge in [-0.15, -0.1) is 0 Å². The van der Waals surface area contributed by atoms with E-state index in [1.54, 1.807) is 6.07 Å². The molecule has 0 aliphatic carbocycles. The molecular formula is C14H21BFNO2.